The van der Waals surface area contributed by atoms with E-state index in [0.717, 1.165) is 16.7 Å². The van der Waals surface area contributed by atoms with Gasteiger partial charge in [-0.25, -0.2) is 9.97 Å². The Morgan fingerprint density at radius 3 is 2.60 bits per heavy atom. The lowest BCUT2D eigenvalue weighted by molar-refractivity contribution is 0.503. The Labute approximate surface area is 122 Å². The van der Waals surface area contributed by atoms with Crippen molar-refractivity contribution >= 4 is 10.9 Å². The molecule has 2 heteroatoms. The molecule has 0 aliphatic rings. The maximum Gasteiger partial charge on any atom is 0.132 e. The van der Waals surface area contributed by atoms with Gasteiger partial charge in [-0.1, -0.05) is 64.2 Å². The first-order valence-electron chi connectivity index (χ1n) is 8.06. The van der Waals surface area contributed by atoms with Crippen LogP contribution in [-0.4, -0.2) is 9.97 Å². The molecule has 1 aromatic carbocycles. The summed E-state index contributed by atoms with van der Waals surface area (Å²) in [6.45, 7) is 4.51. The molecule has 1 atom stereocenters. The Morgan fingerprint density at radius 1 is 0.950 bits per heavy atom. The highest BCUT2D eigenvalue weighted by Gasteiger charge is 2.13. The topological polar surface area (TPSA) is 25.8 Å². The van der Waals surface area contributed by atoms with Crippen LogP contribution < -0.4 is 0 Å². The zero-order valence-electron chi connectivity index (χ0n) is 12.8. The monoisotopic (exact) mass is 270 g/mol. The number of unbranched alkanes of at least 4 members (excludes halogenated alkanes) is 3. The number of rotatable bonds is 8. The van der Waals surface area contributed by atoms with Crippen molar-refractivity contribution in [2.45, 2.75) is 64.7 Å². The van der Waals surface area contributed by atoms with Gasteiger partial charge in [-0.3, -0.25) is 0 Å². The minimum absolute atomic E-state index is 0.529. The van der Waals surface area contributed by atoms with Gasteiger partial charge in [0.15, 0.2) is 0 Å². The van der Waals surface area contributed by atoms with Crippen molar-refractivity contribution < 1.29 is 0 Å². The summed E-state index contributed by atoms with van der Waals surface area (Å²) in [5.41, 5.74) is 1.08. The third-order valence-electron chi connectivity index (χ3n) is 3.92. The number of benzene rings is 1. The van der Waals surface area contributed by atoms with Crippen molar-refractivity contribution in [3.05, 3.63) is 36.3 Å². The van der Waals surface area contributed by atoms with Crippen molar-refractivity contribution in [3.8, 4) is 0 Å². The van der Waals surface area contributed by atoms with E-state index < -0.39 is 0 Å². The molecule has 0 aliphatic heterocycles. The minimum Gasteiger partial charge on any atom is -0.240 e. The summed E-state index contributed by atoms with van der Waals surface area (Å²) in [6.07, 6.45) is 10.9. The van der Waals surface area contributed by atoms with Gasteiger partial charge in [-0.2, -0.15) is 0 Å². The SMILES string of the molecule is CCCCCCC(CCC)c1ncc2ccccc2n1. The second-order valence-corrected chi connectivity index (χ2v) is 5.62. The van der Waals surface area contributed by atoms with Crippen LogP contribution in [0.2, 0.25) is 0 Å². The van der Waals surface area contributed by atoms with Crippen molar-refractivity contribution in [3.63, 3.8) is 0 Å². The molecule has 0 saturated carbocycles. The number of hydrogen-bond acceptors (Lipinski definition) is 2. The molecule has 0 amide bonds. The fraction of sp³-hybridized carbons (Fsp3) is 0.556. The molecule has 20 heavy (non-hydrogen) atoms. The molecule has 0 fully saturated rings. The molecule has 2 nitrogen and oxygen atoms in total. The summed E-state index contributed by atoms with van der Waals surface area (Å²) in [7, 11) is 0. The van der Waals surface area contributed by atoms with E-state index in [1.54, 1.807) is 0 Å². The molecule has 1 unspecified atom stereocenters. The number of fused-ring (bicyclic) bond motifs is 1. The van der Waals surface area contributed by atoms with Gasteiger partial charge < -0.3 is 0 Å². The second-order valence-electron chi connectivity index (χ2n) is 5.62. The highest BCUT2D eigenvalue weighted by atomic mass is 14.9. The van der Waals surface area contributed by atoms with Crippen LogP contribution in [0.25, 0.3) is 10.9 Å². The summed E-state index contributed by atoms with van der Waals surface area (Å²) in [6, 6.07) is 8.25. The molecule has 1 aromatic heterocycles. The van der Waals surface area contributed by atoms with Gasteiger partial charge >= 0.3 is 0 Å². The molecule has 2 rings (SSSR count). The summed E-state index contributed by atoms with van der Waals surface area (Å²) in [5, 5.41) is 1.14. The van der Waals surface area contributed by atoms with Crippen LogP contribution in [0.15, 0.2) is 30.5 Å². The summed E-state index contributed by atoms with van der Waals surface area (Å²) in [5.74, 6) is 1.57. The summed E-state index contributed by atoms with van der Waals surface area (Å²) >= 11 is 0. The lowest BCUT2D eigenvalue weighted by atomic mass is 9.95. The third kappa shape index (κ3) is 4.03. The molecule has 2 aromatic rings. The van der Waals surface area contributed by atoms with Crippen LogP contribution in [-0.2, 0) is 0 Å². The lowest BCUT2D eigenvalue weighted by Crippen LogP contribution is -2.05. The van der Waals surface area contributed by atoms with Crippen LogP contribution >= 0.6 is 0 Å². The van der Waals surface area contributed by atoms with Gasteiger partial charge in [-0.05, 0) is 18.9 Å². The predicted octanol–water partition coefficient (Wildman–Crippen LogP) is 5.48. The Bertz CT molecular complexity index is 522. The molecule has 0 saturated heterocycles. The van der Waals surface area contributed by atoms with E-state index in [1.165, 1.54) is 44.9 Å². The molecule has 0 radical (unpaired) electrons. The van der Waals surface area contributed by atoms with Crippen LogP contribution in [0, 0.1) is 0 Å². The van der Waals surface area contributed by atoms with Gasteiger partial charge in [0, 0.05) is 17.5 Å². The summed E-state index contributed by atoms with van der Waals surface area (Å²) < 4.78 is 0. The average molecular weight is 270 g/mol. The standard InChI is InChI=1S/C18H26N2/c1-3-5-6-7-11-15(10-4-2)18-19-14-16-12-8-9-13-17(16)20-18/h8-9,12-15H,3-7,10-11H2,1-2H3. The van der Waals surface area contributed by atoms with Crippen molar-refractivity contribution in [1.82, 2.24) is 9.97 Å². The van der Waals surface area contributed by atoms with Crippen molar-refractivity contribution in [2.75, 3.05) is 0 Å². The number of hydrogen-bond donors (Lipinski definition) is 0. The van der Waals surface area contributed by atoms with E-state index in [-0.39, 0.29) is 0 Å². The van der Waals surface area contributed by atoms with Crippen LogP contribution in [0.1, 0.15) is 70.5 Å². The predicted molar refractivity (Wildman–Crippen MR) is 85.9 cm³/mol. The first kappa shape index (κ1) is 15.0. The Balaban J connectivity index is 2.09. The fourth-order valence-corrected chi connectivity index (χ4v) is 2.75. The van der Waals surface area contributed by atoms with E-state index in [1.807, 2.05) is 12.3 Å². The summed E-state index contributed by atoms with van der Waals surface area (Å²) in [4.78, 5) is 9.40. The Hall–Kier alpha value is -1.44. The molecule has 0 bridgehead atoms. The van der Waals surface area contributed by atoms with Crippen LogP contribution in [0.4, 0.5) is 0 Å². The Kier molecular flexibility index (Phi) is 5.97. The quantitative estimate of drug-likeness (QED) is 0.593. The number of nitrogens with zero attached hydrogens (tertiary/aromatic N) is 2. The molecule has 108 valence electrons. The molecule has 0 N–H and O–H groups in total. The smallest absolute Gasteiger partial charge is 0.132 e. The zero-order valence-corrected chi connectivity index (χ0v) is 12.8. The van der Waals surface area contributed by atoms with Gasteiger partial charge in [0.05, 0.1) is 5.52 Å². The molecule has 0 spiro atoms. The molecular weight excluding hydrogens is 244 g/mol. The maximum absolute atomic E-state index is 4.78. The maximum atomic E-state index is 4.78. The normalized spacial score (nSPS) is 12.7. The van der Waals surface area contributed by atoms with E-state index in [2.05, 4.69) is 37.0 Å². The van der Waals surface area contributed by atoms with Gasteiger partial charge in [0.2, 0.25) is 0 Å². The van der Waals surface area contributed by atoms with Crippen LogP contribution in [0.3, 0.4) is 0 Å². The first-order valence-corrected chi connectivity index (χ1v) is 8.06. The zero-order chi connectivity index (χ0) is 14.2. The number of aromatic nitrogens is 2. The molecule has 1 heterocycles. The van der Waals surface area contributed by atoms with Gasteiger partial charge in [-0.15, -0.1) is 0 Å². The van der Waals surface area contributed by atoms with E-state index >= 15 is 0 Å². The van der Waals surface area contributed by atoms with Crippen molar-refractivity contribution in [2.24, 2.45) is 0 Å². The van der Waals surface area contributed by atoms with Gasteiger partial charge in [0.1, 0.15) is 5.82 Å². The van der Waals surface area contributed by atoms with Gasteiger partial charge in [0.25, 0.3) is 0 Å². The lowest BCUT2D eigenvalue weighted by Gasteiger charge is -2.15. The largest absolute Gasteiger partial charge is 0.240 e. The van der Waals surface area contributed by atoms with E-state index in [9.17, 15) is 0 Å². The van der Waals surface area contributed by atoms with E-state index in [0.29, 0.717) is 5.92 Å². The minimum atomic E-state index is 0.529. The fourth-order valence-electron chi connectivity index (χ4n) is 2.75. The Morgan fingerprint density at radius 2 is 1.80 bits per heavy atom. The number of para-hydroxylation sites is 1. The second kappa shape index (κ2) is 7.98. The van der Waals surface area contributed by atoms with E-state index in [4.69, 9.17) is 4.98 Å². The molecule has 0 aliphatic carbocycles. The highest BCUT2D eigenvalue weighted by Crippen LogP contribution is 2.26. The first-order chi connectivity index (χ1) is 9.85. The highest BCUT2D eigenvalue weighted by molar-refractivity contribution is 5.77. The van der Waals surface area contributed by atoms with Crippen LogP contribution in [0.5, 0.6) is 0 Å². The average Bonchev–Trinajstić information content (AvgIpc) is 2.50. The van der Waals surface area contributed by atoms with Crippen molar-refractivity contribution in [1.29, 1.82) is 0 Å². The molecular formula is C18H26N2. The third-order valence-corrected chi connectivity index (χ3v) is 3.92.